The molecule has 0 bridgehead atoms. The van der Waals surface area contributed by atoms with Crippen LogP contribution in [-0.4, -0.2) is 43.4 Å². The smallest absolute Gasteiger partial charge is 0.163 e. The Balaban J connectivity index is 1.53. The summed E-state index contributed by atoms with van der Waals surface area (Å²) in [5, 5.41) is 9.35. The molecule has 1 aliphatic rings. The summed E-state index contributed by atoms with van der Waals surface area (Å²) in [5.74, 6) is 0.278. The summed E-state index contributed by atoms with van der Waals surface area (Å²) in [4.78, 5) is 0. The summed E-state index contributed by atoms with van der Waals surface area (Å²) < 4.78 is 22.3. The van der Waals surface area contributed by atoms with Gasteiger partial charge in [0.1, 0.15) is 11.9 Å². The van der Waals surface area contributed by atoms with Gasteiger partial charge < -0.3 is 24.1 Å². The lowest BCUT2D eigenvalue weighted by atomic mass is 10.1. The van der Waals surface area contributed by atoms with Crippen molar-refractivity contribution in [2.75, 3.05) is 20.3 Å². The molecule has 1 fully saturated rings. The lowest BCUT2D eigenvalue weighted by Crippen LogP contribution is -2.26. The van der Waals surface area contributed by atoms with E-state index >= 15 is 0 Å². The van der Waals surface area contributed by atoms with Crippen molar-refractivity contribution >= 4 is 0 Å². The molecule has 0 amide bonds. The van der Waals surface area contributed by atoms with Gasteiger partial charge in [0.25, 0.3) is 0 Å². The fourth-order valence-electron chi connectivity index (χ4n) is 2.95. The number of ether oxygens (including phenoxy) is 4. The Morgan fingerprint density at radius 1 is 1.04 bits per heavy atom. The van der Waals surface area contributed by atoms with Gasteiger partial charge in [-0.15, -0.1) is 0 Å². The molecule has 5 nitrogen and oxygen atoms in total. The molecular weight excluding hydrogens is 308 g/mol. The van der Waals surface area contributed by atoms with Crippen molar-refractivity contribution in [2.45, 2.75) is 64.1 Å². The lowest BCUT2D eigenvalue weighted by Gasteiger charge is -2.16. The molecule has 0 spiro atoms. The third-order valence-electron chi connectivity index (χ3n) is 4.17. The van der Waals surface area contributed by atoms with Gasteiger partial charge in [0.15, 0.2) is 5.79 Å². The minimum Gasteiger partial charge on any atom is -0.497 e. The van der Waals surface area contributed by atoms with Crippen molar-refractivity contribution in [3.05, 3.63) is 29.8 Å². The Labute approximate surface area is 144 Å². The molecule has 24 heavy (non-hydrogen) atoms. The highest BCUT2D eigenvalue weighted by Crippen LogP contribution is 2.30. The zero-order chi connectivity index (χ0) is 17.4. The summed E-state index contributed by atoms with van der Waals surface area (Å²) in [6.07, 6.45) is 3.86. The van der Waals surface area contributed by atoms with E-state index in [-0.39, 0.29) is 18.8 Å². The zero-order valence-corrected chi connectivity index (χ0v) is 15.0. The Kier molecular flexibility index (Phi) is 7.49. The maximum absolute atomic E-state index is 9.35. The number of hydrogen-bond donors (Lipinski definition) is 1. The van der Waals surface area contributed by atoms with Crippen LogP contribution in [0.25, 0.3) is 0 Å². The normalized spacial score (nSPS) is 22.7. The van der Waals surface area contributed by atoms with Gasteiger partial charge in [-0.2, -0.15) is 0 Å². The lowest BCUT2D eigenvalue weighted by molar-refractivity contribution is -0.149. The van der Waals surface area contributed by atoms with Gasteiger partial charge in [-0.05, 0) is 44.4 Å². The first-order valence-electron chi connectivity index (χ1n) is 8.71. The van der Waals surface area contributed by atoms with E-state index in [0.29, 0.717) is 6.61 Å². The largest absolute Gasteiger partial charge is 0.497 e. The minimum atomic E-state index is -0.584. The maximum Gasteiger partial charge on any atom is 0.163 e. The van der Waals surface area contributed by atoms with Crippen LogP contribution in [-0.2, 0) is 20.8 Å². The van der Waals surface area contributed by atoms with E-state index in [4.69, 9.17) is 18.9 Å². The molecule has 0 aliphatic carbocycles. The molecule has 1 aliphatic heterocycles. The average molecular weight is 338 g/mol. The number of aliphatic hydroxyl groups is 1. The number of rotatable bonds is 10. The molecule has 1 N–H and O–H groups in total. The summed E-state index contributed by atoms with van der Waals surface area (Å²) in [5.41, 5.74) is 1.15. The highest BCUT2D eigenvalue weighted by molar-refractivity contribution is 5.26. The van der Waals surface area contributed by atoms with E-state index in [1.807, 2.05) is 38.1 Å². The summed E-state index contributed by atoms with van der Waals surface area (Å²) in [6.45, 7) is 5.18. The van der Waals surface area contributed by atoms with E-state index in [1.54, 1.807) is 7.11 Å². The van der Waals surface area contributed by atoms with Crippen LogP contribution in [0.15, 0.2) is 24.3 Å². The minimum absolute atomic E-state index is 0.00906. The Hall–Kier alpha value is -1.14. The number of benzene rings is 1. The molecule has 1 saturated heterocycles. The molecule has 136 valence electrons. The summed E-state index contributed by atoms with van der Waals surface area (Å²) in [7, 11) is 1.66. The molecule has 0 radical (unpaired) electrons. The van der Waals surface area contributed by atoms with Gasteiger partial charge in [-0.25, -0.2) is 0 Å². The molecule has 2 atom stereocenters. The fourth-order valence-corrected chi connectivity index (χ4v) is 2.95. The monoisotopic (exact) mass is 338 g/mol. The van der Waals surface area contributed by atoms with Crippen LogP contribution in [0.3, 0.4) is 0 Å². The Morgan fingerprint density at radius 2 is 1.75 bits per heavy atom. The van der Waals surface area contributed by atoms with Crippen LogP contribution < -0.4 is 4.74 Å². The van der Waals surface area contributed by atoms with Gasteiger partial charge in [-0.1, -0.05) is 25.0 Å². The first kappa shape index (κ1) is 19.2. The summed E-state index contributed by atoms with van der Waals surface area (Å²) in [6, 6.07) is 7.93. The van der Waals surface area contributed by atoms with Gasteiger partial charge in [0, 0.05) is 6.61 Å². The predicted octanol–water partition coefficient (Wildman–Crippen LogP) is 3.28. The third kappa shape index (κ3) is 6.06. The van der Waals surface area contributed by atoms with E-state index in [9.17, 15) is 5.11 Å². The van der Waals surface area contributed by atoms with Gasteiger partial charge >= 0.3 is 0 Å². The van der Waals surface area contributed by atoms with Crippen LogP contribution in [0, 0.1) is 0 Å². The first-order valence-corrected chi connectivity index (χ1v) is 8.71. The molecule has 0 aromatic heterocycles. The predicted molar refractivity (Wildman–Crippen MR) is 92.0 cm³/mol. The molecule has 1 heterocycles. The fraction of sp³-hybridized carbons (Fsp3) is 0.684. The molecule has 1 aromatic carbocycles. The van der Waals surface area contributed by atoms with Crippen molar-refractivity contribution in [1.82, 2.24) is 0 Å². The molecule has 1 aromatic rings. The first-order chi connectivity index (χ1) is 11.5. The topological polar surface area (TPSA) is 57.2 Å². The summed E-state index contributed by atoms with van der Waals surface area (Å²) >= 11 is 0. The zero-order valence-electron chi connectivity index (χ0n) is 15.0. The average Bonchev–Trinajstić information content (AvgIpc) is 2.88. The molecule has 5 heteroatoms. The van der Waals surface area contributed by atoms with E-state index in [2.05, 4.69) is 0 Å². The van der Waals surface area contributed by atoms with Crippen molar-refractivity contribution in [2.24, 2.45) is 0 Å². The SMILES string of the molecule is COc1ccc(COCCCCC[C@@H]2OC(C)(C)O[C@H]2CO)cc1. The van der Waals surface area contributed by atoms with Gasteiger partial charge in [0.05, 0.1) is 26.4 Å². The van der Waals surface area contributed by atoms with Crippen LogP contribution >= 0.6 is 0 Å². The number of hydrogen-bond acceptors (Lipinski definition) is 5. The van der Waals surface area contributed by atoms with Crippen molar-refractivity contribution in [1.29, 1.82) is 0 Å². The number of aliphatic hydroxyl groups excluding tert-OH is 1. The van der Waals surface area contributed by atoms with Crippen LogP contribution in [0.4, 0.5) is 0 Å². The molecule has 2 rings (SSSR count). The van der Waals surface area contributed by atoms with Crippen molar-refractivity contribution in [3.8, 4) is 5.75 Å². The molecular formula is C19H30O5. The second-order valence-electron chi connectivity index (χ2n) is 6.65. The maximum atomic E-state index is 9.35. The van der Waals surface area contributed by atoms with Crippen LogP contribution in [0.1, 0.15) is 45.1 Å². The van der Waals surface area contributed by atoms with Gasteiger partial charge in [-0.3, -0.25) is 0 Å². The molecule has 0 unspecified atom stereocenters. The third-order valence-corrected chi connectivity index (χ3v) is 4.17. The van der Waals surface area contributed by atoms with Gasteiger partial charge in [0.2, 0.25) is 0 Å². The van der Waals surface area contributed by atoms with E-state index in [1.165, 1.54) is 0 Å². The number of methoxy groups -OCH3 is 1. The highest BCUT2D eigenvalue weighted by Gasteiger charge is 2.40. The second-order valence-corrected chi connectivity index (χ2v) is 6.65. The van der Waals surface area contributed by atoms with E-state index in [0.717, 1.165) is 43.6 Å². The quantitative estimate of drug-likeness (QED) is 0.664. The van der Waals surface area contributed by atoms with Crippen LogP contribution in [0.5, 0.6) is 5.75 Å². The van der Waals surface area contributed by atoms with Crippen molar-refractivity contribution < 1.29 is 24.1 Å². The Morgan fingerprint density at radius 3 is 2.42 bits per heavy atom. The van der Waals surface area contributed by atoms with Crippen molar-refractivity contribution in [3.63, 3.8) is 0 Å². The second kappa shape index (κ2) is 9.37. The number of unbranched alkanes of at least 4 members (excludes halogenated alkanes) is 2. The molecule has 0 saturated carbocycles. The van der Waals surface area contributed by atoms with E-state index < -0.39 is 5.79 Å². The van der Waals surface area contributed by atoms with Crippen LogP contribution in [0.2, 0.25) is 0 Å². The highest BCUT2D eigenvalue weighted by atomic mass is 16.8. The Bertz CT molecular complexity index is 471. The standard InChI is InChI=1S/C19H30O5/c1-19(2)23-17(18(13-20)24-19)7-5-4-6-12-22-14-15-8-10-16(21-3)11-9-15/h8-11,17-18,20H,4-7,12-14H2,1-3H3/t17-,18-/m0/s1.